The van der Waals surface area contributed by atoms with Gasteiger partial charge in [-0.2, -0.15) is 0 Å². The van der Waals surface area contributed by atoms with Crippen LogP contribution in [0.25, 0.3) is 0 Å². The van der Waals surface area contributed by atoms with Gasteiger partial charge in [-0.25, -0.2) is 8.78 Å². The highest BCUT2D eigenvalue weighted by Crippen LogP contribution is 2.20. The lowest BCUT2D eigenvalue weighted by atomic mass is 10.1. The fraction of sp³-hybridized carbons (Fsp3) is 0.133. The SMILES string of the molecule is Cc1cc(C)cc(NC(=O)c2cc(F)cc(N)c2F)c1. The Morgan fingerprint density at radius 2 is 1.65 bits per heavy atom. The van der Waals surface area contributed by atoms with Crippen molar-refractivity contribution in [1.82, 2.24) is 0 Å². The lowest BCUT2D eigenvalue weighted by molar-refractivity contribution is 0.102. The van der Waals surface area contributed by atoms with Gasteiger partial charge >= 0.3 is 0 Å². The fourth-order valence-corrected chi connectivity index (χ4v) is 2.02. The van der Waals surface area contributed by atoms with Gasteiger partial charge in [0.25, 0.3) is 5.91 Å². The predicted octanol–water partition coefficient (Wildman–Crippen LogP) is 3.42. The third-order valence-electron chi connectivity index (χ3n) is 2.79. The molecule has 0 atom stereocenters. The predicted molar refractivity (Wildman–Crippen MR) is 74.6 cm³/mol. The molecule has 2 aromatic carbocycles. The van der Waals surface area contributed by atoms with Crippen LogP contribution in [-0.2, 0) is 0 Å². The van der Waals surface area contributed by atoms with Crippen molar-refractivity contribution < 1.29 is 13.6 Å². The van der Waals surface area contributed by atoms with E-state index in [-0.39, 0.29) is 0 Å². The van der Waals surface area contributed by atoms with Crippen molar-refractivity contribution in [3.63, 3.8) is 0 Å². The second-order valence-electron chi connectivity index (χ2n) is 4.69. The maximum absolute atomic E-state index is 13.7. The molecular weight excluding hydrogens is 262 g/mol. The topological polar surface area (TPSA) is 55.1 Å². The minimum atomic E-state index is -0.923. The van der Waals surface area contributed by atoms with Crippen LogP contribution in [0.4, 0.5) is 20.2 Å². The van der Waals surface area contributed by atoms with Gasteiger partial charge < -0.3 is 11.1 Å². The molecule has 0 spiro atoms. The molecular formula is C15H14F2N2O. The zero-order valence-electron chi connectivity index (χ0n) is 11.1. The van der Waals surface area contributed by atoms with Crippen molar-refractivity contribution in [2.24, 2.45) is 0 Å². The summed E-state index contributed by atoms with van der Waals surface area (Å²) in [6.07, 6.45) is 0. The van der Waals surface area contributed by atoms with E-state index in [9.17, 15) is 13.6 Å². The number of halogens is 2. The summed E-state index contributed by atoms with van der Waals surface area (Å²) in [6, 6.07) is 7.08. The zero-order valence-corrected chi connectivity index (χ0v) is 11.1. The Morgan fingerprint density at radius 3 is 2.25 bits per heavy atom. The first-order valence-electron chi connectivity index (χ1n) is 6.01. The second kappa shape index (κ2) is 5.28. The number of nitrogens with two attached hydrogens (primary N) is 1. The Kier molecular flexibility index (Phi) is 3.70. The van der Waals surface area contributed by atoms with E-state index in [1.807, 2.05) is 19.9 Å². The minimum Gasteiger partial charge on any atom is -0.396 e. The van der Waals surface area contributed by atoms with Crippen molar-refractivity contribution in [3.05, 3.63) is 58.7 Å². The fourth-order valence-electron chi connectivity index (χ4n) is 2.02. The van der Waals surface area contributed by atoms with Crippen LogP contribution in [0.2, 0.25) is 0 Å². The van der Waals surface area contributed by atoms with E-state index in [0.717, 1.165) is 23.3 Å². The van der Waals surface area contributed by atoms with E-state index in [2.05, 4.69) is 5.32 Å². The number of aryl methyl sites for hydroxylation is 2. The Balaban J connectivity index is 2.33. The molecule has 104 valence electrons. The van der Waals surface area contributed by atoms with Gasteiger partial charge in [0.15, 0.2) is 5.82 Å². The van der Waals surface area contributed by atoms with Gasteiger partial charge in [0.1, 0.15) is 5.82 Å². The summed E-state index contributed by atoms with van der Waals surface area (Å²) in [4.78, 5) is 12.0. The molecule has 5 heteroatoms. The summed E-state index contributed by atoms with van der Waals surface area (Å²) in [5.74, 6) is -2.42. The molecule has 0 heterocycles. The van der Waals surface area contributed by atoms with E-state index in [1.54, 1.807) is 12.1 Å². The smallest absolute Gasteiger partial charge is 0.258 e. The quantitative estimate of drug-likeness (QED) is 0.826. The summed E-state index contributed by atoms with van der Waals surface area (Å²) >= 11 is 0. The molecule has 1 amide bonds. The van der Waals surface area contributed by atoms with Gasteiger partial charge in [-0.05, 0) is 49.2 Å². The Morgan fingerprint density at radius 1 is 1.05 bits per heavy atom. The molecule has 0 aliphatic carbocycles. The molecule has 20 heavy (non-hydrogen) atoms. The van der Waals surface area contributed by atoms with Crippen LogP contribution < -0.4 is 11.1 Å². The number of hydrogen-bond acceptors (Lipinski definition) is 2. The average Bonchev–Trinajstić information content (AvgIpc) is 2.32. The molecule has 3 N–H and O–H groups in total. The summed E-state index contributed by atoms with van der Waals surface area (Å²) in [7, 11) is 0. The number of benzene rings is 2. The molecule has 0 aliphatic rings. The lowest BCUT2D eigenvalue weighted by Gasteiger charge is -2.09. The summed E-state index contributed by atoms with van der Waals surface area (Å²) in [5.41, 5.74) is 6.94. The maximum Gasteiger partial charge on any atom is 0.258 e. The molecule has 0 unspecified atom stereocenters. The molecule has 0 aromatic heterocycles. The Labute approximate surface area is 115 Å². The third kappa shape index (κ3) is 2.93. The first kappa shape index (κ1) is 14.0. The van der Waals surface area contributed by atoms with Crippen LogP contribution in [0.5, 0.6) is 0 Å². The minimum absolute atomic E-state index is 0.393. The summed E-state index contributed by atoms with van der Waals surface area (Å²) < 4.78 is 26.9. The van der Waals surface area contributed by atoms with Crippen molar-refractivity contribution in [1.29, 1.82) is 0 Å². The highest BCUT2D eigenvalue weighted by atomic mass is 19.1. The molecule has 0 saturated heterocycles. The van der Waals surface area contributed by atoms with Gasteiger partial charge in [-0.15, -0.1) is 0 Å². The molecule has 0 aliphatic heterocycles. The first-order chi connectivity index (χ1) is 9.36. The molecule has 0 radical (unpaired) electrons. The standard InChI is InChI=1S/C15H14F2N2O/c1-8-3-9(2)5-11(4-8)19-15(20)12-6-10(16)7-13(18)14(12)17/h3-7H,18H2,1-2H3,(H,19,20). The van der Waals surface area contributed by atoms with E-state index < -0.39 is 28.8 Å². The van der Waals surface area contributed by atoms with Crippen LogP contribution in [0.1, 0.15) is 21.5 Å². The first-order valence-corrected chi connectivity index (χ1v) is 6.01. The summed E-state index contributed by atoms with van der Waals surface area (Å²) in [5, 5.41) is 2.53. The molecule has 0 fully saturated rings. The normalized spacial score (nSPS) is 10.4. The summed E-state index contributed by atoms with van der Waals surface area (Å²) in [6.45, 7) is 3.76. The largest absolute Gasteiger partial charge is 0.396 e. The number of anilines is 2. The van der Waals surface area contributed by atoms with Crippen molar-refractivity contribution in [3.8, 4) is 0 Å². The van der Waals surface area contributed by atoms with Crippen LogP contribution in [0, 0.1) is 25.5 Å². The number of carbonyl (C=O) groups excluding carboxylic acids is 1. The molecule has 2 rings (SSSR count). The van der Waals surface area contributed by atoms with Crippen LogP contribution in [0.15, 0.2) is 30.3 Å². The van der Waals surface area contributed by atoms with E-state index in [1.165, 1.54) is 0 Å². The molecule has 2 aromatic rings. The molecule has 3 nitrogen and oxygen atoms in total. The molecule has 0 saturated carbocycles. The number of amides is 1. The highest BCUT2D eigenvalue weighted by Gasteiger charge is 2.16. The lowest BCUT2D eigenvalue weighted by Crippen LogP contribution is -2.15. The second-order valence-corrected chi connectivity index (χ2v) is 4.69. The van der Waals surface area contributed by atoms with Crippen molar-refractivity contribution >= 4 is 17.3 Å². The van der Waals surface area contributed by atoms with Crippen LogP contribution >= 0.6 is 0 Å². The number of nitrogen functional groups attached to an aromatic ring is 1. The molecule has 0 bridgehead atoms. The maximum atomic E-state index is 13.7. The number of carbonyl (C=O) groups is 1. The number of rotatable bonds is 2. The number of nitrogens with one attached hydrogen (secondary N) is 1. The van der Waals surface area contributed by atoms with E-state index in [0.29, 0.717) is 5.69 Å². The van der Waals surface area contributed by atoms with E-state index >= 15 is 0 Å². The van der Waals surface area contributed by atoms with Crippen LogP contribution in [0.3, 0.4) is 0 Å². The monoisotopic (exact) mass is 276 g/mol. The third-order valence-corrected chi connectivity index (χ3v) is 2.79. The van der Waals surface area contributed by atoms with Crippen LogP contribution in [-0.4, -0.2) is 5.91 Å². The van der Waals surface area contributed by atoms with Gasteiger partial charge in [0.2, 0.25) is 0 Å². The van der Waals surface area contributed by atoms with Gasteiger partial charge in [-0.1, -0.05) is 6.07 Å². The van der Waals surface area contributed by atoms with Gasteiger partial charge in [0.05, 0.1) is 11.3 Å². The van der Waals surface area contributed by atoms with Gasteiger partial charge in [0, 0.05) is 5.69 Å². The van der Waals surface area contributed by atoms with Crippen molar-refractivity contribution in [2.45, 2.75) is 13.8 Å². The zero-order chi connectivity index (χ0) is 14.9. The highest BCUT2D eigenvalue weighted by molar-refractivity contribution is 6.05. The van der Waals surface area contributed by atoms with E-state index in [4.69, 9.17) is 5.73 Å². The van der Waals surface area contributed by atoms with Gasteiger partial charge in [-0.3, -0.25) is 4.79 Å². The van der Waals surface area contributed by atoms with Crippen molar-refractivity contribution in [2.75, 3.05) is 11.1 Å². The Bertz CT molecular complexity index is 664. The number of hydrogen-bond donors (Lipinski definition) is 2. The Hall–Kier alpha value is -2.43. The average molecular weight is 276 g/mol.